The highest BCUT2D eigenvalue weighted by Crippen LogP contribution is 2.22. The van der Waals surface area contributed by atoms with Gasteiger partial charge in [0, 0.05) is 50.4 Å². The van der Waals surface area contributed by atoms with Gasteiger partial charge in [-0.25, -0.2) is 0 Å². The van der Waals surface area contributed by atoms with Crippen LogP contribution in [0.3, 0.4) is 0 Å². The molecule has 9 nitrogen and oxygen atoms in total. The van der Waals surface area contributed by atoms with Crippen molar-refractivity contribution in [3.05, 3.63) is 82.6 Å². The minimum Gasteiger partial charge on any atom is -0.370 e. The summed E-state index contributed by atoms with van der Waals surface area (Å²) in [5.41, 5.74) is 3.12. The van der Waals surface area contributed by atoms with Gasteiger partial charge in [0.05, 0.1) is 6.61 Å². The molecule has 2 aliphatic heterocycles. The topological polar surface area (TPSA) is 94.2 Å². The first-order chi connectivity index (χ1) is 23.3. The molecule has 5 rings (SSSR count). The Labute approximate surface area is 289 Å². The van der Waals surface area contributed by atoms with Gasteiger partial charge in [-0.3, -0.25) is 14.4 Å². The van der Waals surface area contributed by atoms with Crippen molar-refractivity contribution < 1.29 is 19.1 Å². The van der Waals surface area contributed by atoms with Crippen molar-refractivity contribution in [3.8, 4) is 11.1 Å². The molecule has 0 aliphatic carbocycles. The number of carbonyl (C=O) groups is 3. The smallest absolute Gasteiger partial charge is 0.249 e. The standard InChI is InChI=1S/C38H51N5O4S/c1-41-22-8-13-32(41)19-21-40-37(45)34(25-33-14-9-23-48-33)43(3)38(46)35(42(2)36(44)27-47-26-31-12-7-20-39-31)24-28-15-17-30(18-16-28)29-10-5-4-6-11-29/h4-6,9-11,14-18,23,31-32,34-35,39H,7-8,12-13,19-22,24-27H2,1-3H3,(H,40,45)/t31-,32?,34+,35+/m0/s1. The fraction of sp³-hybridized carbons (Fsp3) is 0.500. The summed E-state index contributed by atoms with van der Waals surface area (Å²) in [5.74, 6) is -0.712. The molecule has 0 radical (unpaired) electrons. The van der Waals surface area contributed by atoms with Gasteiger partial charge in [0.25, 0.3) is 0 Å². The van der Waals surface area contributed by atoms with Gasteiger partial charge in [0.15, 0.2) is 0 Å². The highest BCUT2D eigenvalue weighted by atomic mass is 32.1. The van der Waals surface area contributed by atoms with Crippen molar-refractivity contribution in [2.45, 2.75) is 69.1 Å². The number of hydrogen-bond donors (Lipinski definition) is 2. The van der Waals surface area contributed by atoms with E-state index < -0.39 is 12.1 Å². The zero-order chi connectivity index (χ0) is 33.9. The lowest BCUT2D eigenvalue weighted by molar-refractivity contribution is -0.149. The second-order valence-electron chi connectivity index (χ2n) is 13.2. The van der Waals surface area contributed by atoms with E-state index in [4.69, 9.17) is 4.74 Å². The van der Waals surface area contributed by atoms with Crippen molar-refractivity contribution in [2.75, 3.05) is 54.0 Å². The molecule has 1 aromatic heterocycles. The Hall–Kier alpha value is -3.57. The maximum atomic E-state index is 14.5. The number of likely N-dealkylation sites (N-methyl/N-ethyl adjacent to an activating group) is 2. The molecule has 2 saturated heterocycles. The van der Waals surface area contributed by atoms with Gasteiger partial charge in [-0.2, -0.15) is 0 Å². The number of hydrogen-bond acceptors (Lipinski definition) is 7. The number of ether oxygens (including phenoxy) is 1. The van der Waals surface area contributed by atoms with Crippen LogP contribution in [0.25, 0.3) is 11.1 Å². The maximum absolute atomic E-state index is 14.5. The molecule has 10 heteroatoms. The van der Waals surface area contributed by atoms with E-state index >= 15 is 0 Å². The summed E-state index contributed by atoms with van der Waals surface area (Å²) >= 11 is 1.57. The van der Waals surface area contributed by atoms with Crippen molar-refractivity contribution in [1.29, 1.82) is 0 Å². The second-order valence-corrected chi connectivity index (χ2v) is 14.2. The fourth-order valence-electron chi connectivity index (χ4n) is 6.78. The minimum atomic E-state index is -0.816. The zero-order valence-electron chi connectivity index (χ0n) is 28.6. The van der Waals surface area contributed by atoms with Crippen LogP contribution in [-0.4, -0.2) is 111 Å². The van der Waals surface area contributed by atoms with E-state index in [0.29, 0.717) is 32.0 Å². The minimum absolute atomic E-state index is 0.107. The van der Waals surface area contributed by atoms with Crippen molar-refractivity contribution in [2.24, 2.45) is 0 Å². The molecule has 2 N–H and O–H groups in total. The molecular weight excluding hydrogens is 623 g/mol. The molecule has 2 fully saturated rings. The van der Waals surface area contributed by atoms with Crippen LogP contribution in [0.2, 0.25) is 0 Å². The molecule has 0 saturated carbocycles. The molecule has 4 atom stereocenters. The lowest BCUT2D eigenvalue weighted by atomic mass is 9.98. The van der Waals surface area contributed by atoms with Gasteiger partial charge >= 0.3 is 0 Å². The molecule has 0 spiro atoms. The summed E-state index contributed by atoms with van der Waals surface area (Å²) in [6.45, 7) is 2.95. The molecule has 48 heavy (non-hydrogen) atoms. The van der Waals surface area contributed by atoms with E-state index in [1.54, 1.807) is 30.3 Å². The Balaban J connectivity index is 1.32. The number of nitrogens with zero attached hydrogens (tertiary/aromatic N) is 3. The molecule has 258 valence electrons. The SMILES string of the molecule is CN1CCCC1CCNC(=O)[C@@H](Cc1cccs1)N(C)C(=O)[C@@H](Cc1ccc(-c2ccccc2)cc1)N(C)C(=O)COC[C@@H]1CCCN1. The van der Waals surface area contributed by atoms with Gasteiger partial charge in [0.2, 0.25) is 17.7 Å². The first kappa shape index (κ1) is 35.7. The third kappa shape index (κ3) is 9.75. The van der Waals surface area contributed by atoms with Gasteiger partial charge in [-0.1, -0.05) is 60.7 Å². The van der Waals surface area contributed by atoms with Gasteiger partial charge in [-0.15, -0.1) is 11.3 Å². The summed E-state index contributed by atoms with van der Waals surface area (Å²) in [5, 5.41) is 8.51. The van der Waals surface area contributed by atoms with Gasteiger partial charge in [0.1, 0.15) is 18.7 Å². The maximum Gasteiger partial charge on any atom is 0.249 e. The third-order valence-electron chi connectivity index (χ3n) is 9.88. The van der Waals surface area contributed by atoms with Crippen molar-refractivity contribution in [3.63, 3.8) is 0 Å². The number of thiophene rings is 1. The fourth-order valence-corrected chi connectivity index (χ4v) is 7.52. The van der Waals surface area contributed by atoms with E-state index in [-0.39, 0.29) is 30.4 Å². The average Bonchev–Trinajstić information content (AvgIpc) is 3.91. The highest BCUT2D eigenvalue weighted by molar-refractivity contribution is 7.09. The first-order valence-corrected chi connectivity index (χ1v) is 18.2. The van der Waals surface area contributed by atoms with E-state index in [0.717, 1.165) is 60.3 Å². The number of likely N-dealkylation sites (tertiary alicyclic amines) is 1. The molecule has 3 heterocycles. The second kappa shape index (κ2) is 17.7. The number of rotatable bonds is 16. The predicted octanol–water partition coefficient (Wildman–Crippen LogP) is 4.22. The molecule has 1 unspecified atom stereocenters. The van der Waals surface area contributed by atoms with E-state index in [1.807, 2.05) is 60.0 Å². The third-order valence-corrected chi connectivity index (χ3v) is 10.8. The van der Waals surface area contributed by atoms with Crippen LogP contribution in [-0.2, 0) is 32.0 Å². The summed E-state index contributed by atoms with van der Waals surface area (Å²) in [6.07, 6.45) is 6.04. The molecule has 3 aromatic rings. The van der Waals surface area contributed by atoms with Crippen molar-refractivity contribution >= 4 is 29.1 Å². The van der Waals surface area contributed by atoms with Crippen LogP contribution in [0.15, 0.2) is 72.1 Å². The van der Waals surface area contributed by atoms with Crippen molar-refractivity contribution in [1.82, 2.24) is 25.3 Å². The Morgan fingerprint density at radius 2 is 1.71 bits per heavy atom. The van der Waals surface area contributed by atoms with E-state index in [9.17, 15) is 14.4 Å². The van der Waals surface area contributed by atoms with Crippen LogP contribution < -0.4 is 10.6 Å². The predicted molar refractivity (Wildman–Crippen MR) is 192 cm³/mol. The Kier molecular flexibility index (Phi) is 13.2. The number of nitrogens with one attached hydrogen (secondary N) is 2. The Morgan fingerprint density at radius 1 is 0.938 bits per heavy atom. The first-order valence-electron chi connectivity index (χ1n) is 17.3. The number of amides is 3. The normalized spacial score (nSPS) is 19.1. The number of carbonyl (C=O) groups excluding carboxylic acids is 3. The monoisotopic (exact) mass is 673 g/mol. The lowest BCUT2D eigenvalue weighted by Gasteiger charge is -2.34. The number of benzene rings is 2. The van der Waals surface area contributed by atoms with Crippen LogP contribution in [0, 0.1) is 0 Å². The molecule has 2 aliphatic rings. The van der Waals surface area contributed by atoms with Crippen LogP contribution in [0.5, 0.6) is 0 Å². The largest absolute Gasteiger partial charge is 0.370 e. The van der Waals surface area contributed by atoms with Crippen LogP contribution >= 0.6 is 11.3 Å². The van der Waals surface area contributed by atoms with Gasteiger partial charge in [-0.05, 0) is 80.4 Å². The van der Waals surface area contributed by atoms with E-state index in [2.05, 4.69) is 34.7 Å². The Bertz CT molecular complexity index is 1450. The molecular formula is C38H51N5O4S. The molecule has 0 bridgehead atoms. The van der Waals surface area contributed by atoms with E-state index in [1.165, 1.54) is 11.3 Å². The quantitative estimate of drug-likeness (QED) is 0.237. The van der Waals surface area contributed by atoms with Crippen LogP contribution in [0.4, 0.5) is 0 Å². The zero-order valence-corrected chi connectivity index (χ0v) is 29.4. The Morgan fingerprint density at radius 3 is 2.38 bits per heavy atom. The summed E-state index contributed by atoms with van der Waals surface area (Å²) in [6, 6.07) is 21.4. The highest BCUT2D eigenvalue weighted by Gasteiger charge is 2.35. The van der Waals surface area contributed by atoms with Gasteiger partial charge < -0.3 is 30.1 Å². The average molecular weight is 674 g/mol. The molecule has 2 aromatic carbocycles. The summed E-state index contributed by atoms with van der Waals surface area (Å²) in [4.78, 5) is 48.2. The molecule has 3 amide bonds. The summed E-state index contributed by atoms with van der Waals surface area (Å²) < 4.78 is 5.81. The summed E-state index contributed by atoms with van der Waals surface area (Å²) in [7, 11) is 5.49. The lowest BCUT2D eigenvalue weighted by Crippen LogP contribution is -2.56. The van der Waals surface area contributed by atoms with Crippen LogP contribution in [0.1, 0.15) is 42.5 Å².